The van der Waals surface area contributed by atoms with Crippen molar-refractivity contribution in [2.75, 3.05) is 4.90 Å². The molecule has 2 heterocycles. The number of hydrogen-bond donors (Lipinski definition) is 0. The number of hydrogen-bond acceptors (Lipinski definition) is 4. The van der Waals surface area contributed by atoms with Gasteiger partial charge in [-0.3, -0.25) is 9.59 Å². The van der Waals surface area contributed by atoms with Crippen LogP contribution in [0.5, 0.6) is 0 Å². The third kappa shape index (κ3) is 2.97. The van der Waals surface area contributed by atoms with Crippen molar-refractivity contribution in [2.24, 2.45) is 0 Å². The molecule has 3 aromatic rings. The van der Waals surface area contributed by atoms with Crippen LogP contribution in [-0.2, 0) is 6.54 Å². The van der Waals surface area contributed by atoms with Crippen molar-refractivity contribution in [3.63, 3.8) is 0 Å². The highest BCUT2D eigenvalue weighted by Crippen LogP contribution is 2.35. The van der Waals surface area contributed by atoms with Crippen molar-refractivity contribution in [1.29, 1.82) is 5.26 Å². The van der Waals surface area contributed by atoms with Crippen LogP contribution in [0.4, 0.5) is 14.6 Å². The van der Waals surface area contributed by atoms with Crippen molar-refractivity contribution < 1.29 is 18.4 Å². The van der Waals surface area contributed by atoms with E-state index >= 15 is 0 Å². The lowest BCUT2D eigenvalue weighted by Gasteiger charge is -2.17. The van der Waals surface area contributed by atoms with Crippen LogP contribution in [0.2, 0.25) is 0 Å². The monoisotopic (exact) mass is 392 g/mol. The van der Waals surface area contributed by atoms with Gasteiger partial charge >= 0.3 is 0 Å². The molecule has 0 saturated heterocycles. The number of carbonyl (C=O) groups excluding carboxylic acids is 2. The largest absolute Gasteiger partial charge is 0.268 e. The molecule has 2 amide bonds. The van der Waals surface area contributed by atoms with E-state index in [1.807, 2.05) is 6.07 Å². The molecule has 0 saturated carbocycles. The lowest BCUT2D eigenvalue weighted by molar-refractivity contribution is 0.0915. The maximum atomic E-state index is 13.2. The van der Waals surface area contributed by atoms with Gasteiger partial charge in [-0.1, -0.05) is 24.3 Å². The van der Waals surface area contributed by atoms with Gasteiger partial charge in [0, 0.05) is 11.1 Å². The first kappa shape index (κ1) is 18.5. The number of fused-ring (bicyclic) bond motifs is 1. The molecule has 29 heavy (non-hydrogen) atoms. The number of halogens is 2. The summed E-state index contributed by atoms with van der Waals surface area (Å²) in [6, 6.07) is 14.8. The SMILES string of the molecule is Cc1c(-c2ccc(C#N)cc2)nn(CC(F)F)c1N1C(=O)c2ccccc2C1=O. The van der Waals surface area contributed by atoms with E-state index in [0.717, 1.165) is 9.58 Å². The Balaban J connectivity index is 1.87. The molecule has 6 nitrogen and oxygen atoms in total. The average Bonchev–Trinajstić information content (AvgIpc) is 3.15. The predicted octanol–water partition coefficient (Wildman–Crippen LogP) is 3.80. The minimum atomic E-state index is -2.72. The highest BCUT2D eigenvalue weighted by molar-refractivity contribution is 6.34. The van der Waals surface area contributed by atoms with Gasteiger partial charge in [0.1, 0.15) is 12.4 Å². The summed E-state index contributed by atoms with van der Waals surface area (Å²) in [5, 5.41) is 13.2. The van der Waals surface area contributed by atoms with E-state index in [2.05, 4.69) is 5.10 Å². The highest BCUT2D eigenvalue weighted by Gasteiger charge is 2.40. The minimum absolute atomic E-state index is 0.0239. The van der Waals surface area contributed by atoms with Crippen molar-refractivity contribution in [2.45, 2.75) is 19.9 Å². The standard InChI is InChI=1S/C21H14F2N4O2/c1-12-18(14-8-6-13(10-24)7-9-14)25-26(11-17(22)23)19(12)27-20(28)15-4-2-3-5-16(15)21(27)29/h2-9,17H,11H2,1H3. The molecule has 0 spiro atoms. The molecular weight excluding hydrogens is 378 g/mol. The summed E-state index contributed by atoms with van der Waals surface area (Å²) in [5.41, 5.74) is 2.26. The first-order chi connectivity index (χ1) is 13.9. The number of rotatable bonds is 4. The number of nitrogens with zero attached hydrogens (tertiary/aromatic N) is 4. The fourth-order valence-electron chi connectivity index (χ4n) is 3.44. The second kappa shape index (κ2) is 6.95. The molecule has 0 aliphatic carbocycles. The van der Waals surface area contributed by atoms with Crippen LogP contribution in [0.15, 0.2) is 48.5 Å². The average molecular weight is 392 g/mol. The van der Waals surface area contributed by atoms with Crippen molar-refractivity contribution in [1.82, 2.24) is 9.78 Å². The summed E-state index contributed by atoms with van der Waals surface area (Å²) in [7, 11) is 0. The number of benzene rings is 2. The zero-order valence-corrected chi connectivity index (χ0v) is 15.3. The quantitative estimate of drug-likeness (QED) is 0.633. The number of aromatic nitrogens is 2. The molecule has 0 N–H and O–H groups in total. The molecule has 1 aliphatic rings. The van der Waals surface area contributed by atoms with Gasteiger partial charge in [-0.05, 0) is 31.2 Å². The Kier molecular flexibility index (Phi) is 4.43. The molecule has 0 unspecified atom stereocenters. The molecular formula is C21H14F2N4O2. The third-order valence-corrected chi connectivity index (χ3v) is 4.76. The van der Waals surface area contributed by atoms with Gasteiger partial charge in [-0.2, -0.15) is 10.4 Å². The number of nitriles is 1. The van der Waals surface area contributed by atoms with E-state index in [-0.39, 0.29) is 16.9 Å². The van der Waals surface area contributed by atoms with Crippen LogP contribution in [0.1, 0.15) is 31.8 Å². The fraction of sp³-hybridized carbons (Fsp3) is 0.143. The van der Waals surface area contributed by atoms with E-state index < -0.39 is 24.8 Å². The van der Waals surface area contributed by atoms with Gasteiger partial charge in [0.05, 0.1) is 28.5 Å². The van der Waals surface area contributed by atoms with Gasteiger partial charge in [0.2, 0.25) is 0 Å². The number of alkyl halides is 2. The Hall–Kier alpha value is -3.86. The third-order valence-electron chi connectivity index (χ3n) is 4.76. The number of amides is 2. The maximum Gasteiger partial charge on any atom is 0.267 e. The smallest absolute Gasteiger partial charge is 0.267 e. The normalized spacial score (nSPS) is 13.1. The Labute approximate surface area is 164 Å². The number of carbonyl (C=O) groups is 2. The van der Waals surface area contributed by atoms with Crippen LogP contribution in [0.25, 0.3) is 11.3 Å². The minimum Gasteiger partial charge on any atom is -0.268 e. The summed E-state index contributed by atoms with van der Waals surface area (Å²) >= 11 is 0. The zero-order valence-electron chi connectivity index (χ0n) is 15.3. The van der Waals surface area contributed by atoms with E-state index in [1.165, 1.54) is 12.1 Å². The summed E-state index contributed by atoms with van der Waals surface area (Å²) in [6.07, 6.45) is -2.72. The molecule has 144 valence electrons. The van der Waals surface area contributed by atoms with Crippen LogP contribution in [0, 0.1) is 18.3 Å². The second-order valence-electron chi connectivity index (χ2n) is 6.55. The summed E-state index contributed by atoms with van der Waals surface area (Å²) < 4.78 is 27.4. The van der Waals surface area contributed by atoms with Gasteiger partial charge < -0.3 is 0 Å². The van der Waals surface area contributed by atoms with Crippen molar-refractivity contribution >= 4 is 17.6 Å². The molecule has 4 rings (SSSR count). The summed E-state index contributed by atoms with van der Waals surface area (Å²) in [5.74, 6) is -1.12. The molecule has 1 aromatic heterocycles. The Morgan fingerprint density at radius 1 is 1.03 bits per heavy atom. The molecule has 0 radical (unpaired) electrons. The molecule has 2 aromatic carbocycles. The molecule has 0 fully saturated rings. The molecule has 8 heteroatoms. The van der Waals surface area contributed by atoms with Gasteiger partial charge in [-0.25, -0.2) is 18.4 Å². The molecule has 0 bridgehead atoms. The fourth-order valence-corrected chi connectivity index (χ4v) is 3.44. The topological polar surface area (TPSA) is 79.0 Å². The number of anilines is 1. The Morgan fingerprint density at radius 3 is 2.14 bits per heavy atom. The lowest BCUT2D eigenvalue weighted by atomic mass is 10.1. The van der Waals surface area contributed by atoms with E-state index in [9.17, 15) is 18.4 Å². The van der Waals surface area contributed by atoms with Crippen LogP contribution < -0.4 is 4.90 Å². The van der Waals surface area contributed by atoms with Crippen molar-refractivity contribution in [3.05, 3.63) is 70.8 Å². The van der Waals surface area contributed by atoms with Gasteiger partial charge in [0.25, 0.3) is 18.2 Å². The Bertz CT molecular complexity index is 1140. The van der Waals surface area contributed by atoms with E-state index in [0.29, 0.717) is 22.4 Å². The molecule has 0 atom stereocenters. The first-order valence-electron chi connectivity index (χ1n) is 8.76. The van der Waals surface area contributed by atoms with E-state index in [4.69, 9.17) is 5.26 Å². The molecule has 1 aliphatic heterocycles. The highest BCUT2D eigenvalue weighted by atomic mass is 19.3. The summed E-state index contributed by atoms with van der Waals surface area (Å²) in [4.78, 5) is 26.6. The predicted molar refractivity (Wildman–Crippen MR) is 101 cm³/mol. The maximum absolute atomic E-state index is 13.2. The van der Waals surface area contributed by atoms with E-state index in [1.54, 1.807) is 43.3 Å². The first-order valence-corrected chi connectivity index (χ1v) is 8.76. The van der Waals surface area contributed by atoms with Crippen molar-refractivity contribution in [3.8, 4) is 17.3 Å². The summed E-state index contributed by atoms with van der Waals surface area (Å²) in [6.45, 7) is 0.862. The second-order valence-corrected chi connectivity index (χ2v) is 6.55. The van der Waals surface area contributed by atoms with Gasteiger partial charge in [0.15, 0.2) is 0 Å². The van der Waals surface area contributed by atoms with Crippen LogP contribution in [-0.4, -0.2) is 28.0 Å². The number of imide groups is 1. The van der Waals surface area contributed by atoms with Gasteiger partial charge in [-0.15, -0.1) is 0 Å². The van der Waals surface area contributed by atoms with Crippen LogP contribution in [0.3, 0.4) is 0 Å². The Morgan fingerprint density at radius 2 is 1.62 bits per heavy atom. The van der Waals surface area contributed by atoms with Crippen LogP contribution >= 0.6 is 0 Å². The zero-order chi connectivity index (χ0) is 20.7. The lowest BCUT2D eigenvalue weighted by Crippen LogP contribution is -2.32.